The van der Waals surface area contributed by atoms with E-state index in [-0.39, 0.29) is 0 Å². The van der Waals surface area contributed by atoms with Crippen molar-refractivity contribution in [2.24, 2.45) is 0 Å². The number of hydrogen-bond donors (Lipinski definition) is 1. The minimum absolute atomic E-state index is 0.357. The Kier molecular flexibility index (Phi) is 4.00. The number of ether oxygens (including phenoxy) is 2. The van der Waals surface area contributed by atoms with E-state index < -0.39 is 0 Å². The molecule has 0 aromatic heterocycles. The summed E-state index contributed by atoms with van der Waals surface area (Å²) < 4.78 is 11.7. The lowest BCUT2D eigenvalue weighted by Crippen LogP contribution is -2.37. The highest BCUT2D eigenvalue weighted by Crippen LogP contribution is 2.22. The average molecular weight is 213 g/mol. The molecule has 0 radical (unpaired) electrons. The third-order valence-electron chi connectivity index (χ3n) is 3.35. The Morgan fingerprint density at radius 2 is 2.00 bits per heavy atom. The van der Waals surface area contributed by atoms with Crippen molar-refractivity contribution in [3.05, 3.63) is 0 Å². The molecule has 3 nitrogen and oxygen atoms in total. The van der Waals surface area contributed by atoms with Gasteiger partial charge in [-0.3, -0.25) is 0 Å². The van der Waals surface area contributed by atoms with Gasteiger partial charge in [0.15, 0.2) is 0 Å². The van der Waals surface area contributed by atoms with Crippen LogP contribution >= 0.6 is 0 Å². The molecular formula is C12H23NO2. The lowest BCUT2D eigenvalue weighted by molar-refractivity contribution is -0.104. The molecule has 2 unspecified atom stereocenters. The van der Waals surface area contributed by atoms with E-state index in [0.717, 1.165) is 26.0 Å². The van der Waals surface area contributed by atoms with E-state index in [1.54, 1.807) is 0 Å². The molecule has 0 bridgehead atoms. The maximum absolute atomic E-state index is 5.97. The zero-order chi connectivity index (χ0) is 10.7. The van der Waals surface area contributed by atoms with E-state index in [9.17, 15) is 0 Å². The van der Waals surface area contributed by atoms with Gasteiger partial charge in [0.25, 0.3) is 0 Å². The predicted octanol–water partition coefficient (Wildman–Crippen LogP) is 1.71. The Bertz CT molecular complexity index is 182. The van der Waals surface area contributed by atoms with Crippen LogP contribution in [0.2, 0.25) is 0 Å². The van der Waals surface area contributed by atoms with Crippen LogP contribution in [0.3, 0.4) is 0 Å². The van der Waals surface area contributed by atoms with Gasteiger partial charge in [-0.1, -0.05) is 0 Å². The van der Waals surface area contributed by atoms with Gasteiger partial charge >= 0.3 is 0 Å². The van der Waals surface area contributed by atoms with Crippen molar-refractivity contribution < 1.29 is 9.47 Å². The van der Waals surface area contributed by atoms with Crippen LogP contribution < -0.4 is 5.32 Å². The van der Waals surface area contributed by atoms with Crippen LogP contribution in [0.4, 0.5) is 0 Å². The Morgan fingerprint density at radius 3 is 2.60 bits per heavy atom. The van der Waals surface area contributed by atoms with Crippen molar-refractivity contribution in [2.45, 2.75) is 63.9 Å². The van der Waals surface area contributed by atoms with Gasteiger partial charge in [0.05, 0.1) is 24.9 Å². The number of rotatable bonds is 3. The molecule has 2 aliphatic rings. The van der Waals surface area contributed by atoms with Gasteiger partial charge in [0, 0.05) is 6.04 Å². The highest BCUT2D eigenvalue weighted by Gasteiger charge is 2.26. The molecule has 0 aromatic carbocycles. The quantitative estimate of drug-likeness (QED) is 0.774. The van der Waals surface area contributed by atoms with Crippen LogP contribution in [0.1, 0.15) is 39.5 Å². The molecule has 2 fully saturated rings. The molecule has 2 aliphatic heterocycles. The Labute approximate surface area is 92.5 Å². The molecule has 0 saturated carbocycles. The van der Waals surface area contributed by atoms with Crippen LogP contribution in [0.15, 0.2) is 0 Å². The molecule has 0 amide bonds. The average Bonchev–Trinajstić information content (AvgIpc) is 2.65. The predicted molar refractivity (Wildman–Crippen MR) is 60.0 cm³/mol. The van der Waals surface area contributed by atoms with E-state index in [2.05, 4.69) is 19.2 Å². The second kappa shape index (κ2) is 5.28. The highest BCUT2D eigenvalue weighted by molar-refractivity contribution is 4.77. The minimum atomic E-state index is 0.357. The van der Waals surface area contributed by atoms with Crippen molar-refractivity contribution in [1.29, 1.82) is 0 Å². The van der Waals surface area contributed by atoms with Crippen molar-refractivity contribution in [3.8, 4) is 0 Å². The Morgan fingerprint density at radius 1 is 1.27 bits per heavy atom. The first kappa shape index (κ1) is 11.4. The van der Waals surface area contributed by atoms with Gasteiger partial charge in [0.1, 0.15) is 0 Å². The van der Waals surface area contributed by atoms with Gasteiger partial charge in [-0.2, -0.15) is 0 Å². The minimum Gasteiger partial charge on any atom is -0.376 e. The fourth-order valence-electron chi connectivity index (χ4n) is 2.63. The molecule has 88 valence electrons. The van der Waals surface area contributed by atoms with Crippen molar-refractivity contribution in [3.63, 3.8) is 0 Å². The maximum atomic E-state index is 5.97. The first-order chi connectivity index (χ1) is 7.24. The Hall–Kier alpha value is -0.120. The molecule has 3 atom stereocenters. The van der Waals surface area contributed by atoms with Crippen molar-refractivity contribution >= 4 is 0 Å². The molecule has 15 heavy (non-hydrogen) atoms. The third kappa shape index (κ3) is 3.44. The summed E-state index contributed by atoms with van der Waals surface area (Å²) in [5.74, 6) is 0. The molecule has 2 heterocycles. The molecule has 2 saturated heterocycles. The van der Waals surface area contributed by atoms with Gasteiger partial charge in [-0.15, -0.1) is 0 Å². The summed E-state index contributed by atoms with van der Waals surface area (Å²) in [4.78, 5) is 0. The number of nitrogens with one attached hydrogen (secondary N) is 1. The largest absolute Gasteiger partial charge is 0.376 e. The Balaban J connectivity index is 1.69. The monoisotopic (exact) mass is 213 g/mol. The smallest absolute Gasteiger partial charge is 0.0625 e. The summed E-state index contributed by atoms with van der Waals surface area (Å²) in [5.41, 5.74) is 0. The topological polar surface area (TPSA) is 30.5 Å². The van der Waals surface area contributed by atoms with Crippen LogP contribution in [-0.4, -0.2) is 37.5 Å². The fourth-order valence-corrected chi connectivity index (χ4v) is 2.63. The van der Waals surface area contributed by atoms with Crippen LogP contribution in [0.5, 0.6) is 0 Å². The zero-order valence-corrected chi connectivity index (χ0v) is 9.87. The summed E-state index contributed by atoms with van der Waals surface area (Å²) >= 11 is 0. The van der Waals surface area contributed by atoms with E-state index in [1.807, 2.05) is 0 Å². The van der Waals surface area contributed by atoms with E-state index in [1.165, 1.54) is 12.8 Å². The van der Waals surface area contributed by atoms with Crippen LogP contribution in [0.25, 0.3) is 0 Å². The third-order valence-corrected chi connectivity index (χ3v) is 3.35. The summed E-state index contributed by atoms with van der Waals surface area (Å²) in [6, 6.07) is 0.596. The molecule has 2 rings (SSSR count). The molecule has 0 aliphatic carbocycles. The second-order valence-corrected chi connectivity index (χ2v) is 4.98. The van der Waals surface area contributed by atoms with Crippen LogP contribution in [0, 0.1) is 0 Å². The highest BCUT2D eigenvalue weighted by atomic mass is 16.5. The summed E-state index contributed by atoms with van der Waals surface area (Å²) in [6.07, 6.45) is 5.80. The normalized spacial score (nSPS) is 42.0. The molecule has 0 spiro atoms. The summed E-state index contributed by atoms with van der Waals surface area (Å²) in [5, 5.41) is 3.46. The van der Waals surface area contributed by atoms with Gasteiger partial charge in [-0.05, 0) is 46.1 Å². The second-order valence-electron chi connectivity index (χ2n) is 4.98. The fraction of sp³-hybridized carbons (Fsp3) is 1.00. The summed E-state index contributed by atoms with van der Waals surface area (Å²) in [6.45, 7) is 6.32. The molecular weight excluding hydrogens is 190 g/mol. The molecule has 1 N–H and O–H groups in total. The van der Waals surface area contributed by atoms with E-state index >= 15 is 0 Å². The van der Waals surface area contributed by atoms with E-state index in [0.29, 0.717) is 24.4 Å². The molecule has 3 heteroatoms. The lowest BCUT2D eigenvalue weighted by atomic mass is 10.0. The van der Waals surface area contributed by atoms with Crippen molar-refractivity contribution in [1.82, 2.24) is 5.32 Å². The molecule has 0 aromatic rings. The van der Waals surface area contributed by atoms with E-state index in [4.69, 9.17) is 9.47 Å². The summed E-state index contributed by atoms with van der Waals surface area (Å²) in [7, 11) is 0. The zero-order valence-electron chi connectivity index (χ0n) is 9.87. The van der Waals surface area contributed by atoms with Crippen LogP contribution in [-0.2, 0) is 9.47 Å². The lowest BCUT2D eigenvalue weighted by Gasteiger charge is -2.32. The SMILES string of the molecule is CC1CC(OC[C@H]2CCCN2)CC(C)O1. The first-order valence-electron chi connectivity index (χ1n) is 6.24. The first-order valence-corrected chi connectivity index (χ1v) is 6.24. The van der Waals surface area contributed by atoms with Crippen molar-refractivity contribution in [2.75, 3.05) is 13.2 Å². The number of hydrogen-bond acceptors (Lipinski definition) is 3. The van der Waals surface area contributed by atoms with Gasteiger partial charge < -0.3 is 14.8 Å². The van der Waals surface area contributed by atoms with Gasteiger partial charge in [0.2, 0.25) is 0 Å². The standard InChI is InChI=1S/C12H23NO2/c1-9-6-12(7-10(2)15-9)14-8-11-4-3-5-13-11/h9-13H,3-8H2,1-2H3/t9?,10?,11-,12?/m1/s1. The maximum Gasteiger partial charge on any atom is 0.0625 e. The van der Waals surface area contributed by atoms with Gasteiger partial charge in [-0.25, -0.2) is 0 Å².